The smallest absolute Gasteiger partial charge is 0.244 e. The van der Waals surface area contributed by atoms with E-state index in [1.165, 1.54) is 5.56 Å². The molecule has 0 radical (unpaired) electrons. The van der Waals surface area contributed by atoms with Crippen molar-refractivity contribution in [3.63, 3.8) is 0 Å². The van der Waals surface area contributed by atoms with E-state index in [0.29, 0.717) is 6.04 Å². The molecule has 0 aliphatic carbocycles. The molecule has 1 heterocycles. The number of likely N-dealkylation sites (N-methyl/N-ethyl adjacent to an activating group) is 1. The predicted octanol–water partition coefficient (Wildman–Crippen LogP) is 1.77. The third kappa shape index (κ3) is 4.00. The molecule has 20 heavy (non-hydrogen) atoms. The molecular weight excluding hydrogens is 270 g/mol. The second-order valence-corrected chi connectivity index (χ2v) is 6.20. The number of nitrogens with one attached hydrogen (secondary N) is 1. The van der Waals surface area contributed by atoms with Gasteiger partial charge in [0, 0.05) is 19.8 Å². The second kappa shape index (κ2) is 6.79. The first-order chi connectivity index (χ1) is 9.56. The molecule has 2 atom stereocenters. The van der Waals surface area contributed by atoms with Crippen LogP contribution in [0.3, 0.4) is 0 Å². The molecular formula is C15H21N3OS. The summed E-state index contributed by atoms with van der Waals surface area (Å²) in [6.07, 6.45) is 0.953. The maximum atomic E-state index is 11.8. The molecule has 0 aromatic heterocycles. The minimum absolute atomic E-state index is 0.0693. The van der Waals surface area contributed by atoms with Gasteiger partial charge in [-0.3, -0.25) is 9.79 Å². The summed E-state index contributed by atoms with van der Waals surface area (Å²) >= 11 is 1.70. The summed E-state index contributed by atoms with van der Waals surface area (Å²) in [5.74, 6) is 1.04. The van der Waals surface area contributed by atoms with Crippen molar-refractivity contribution in [2.45, 2.75) is 25.4 Å². The Balaban J connectivity index is 1.89. The molecule has 5 heteroatoms. The lowest BCUT2D eigenvalue weighted by Crippen LogP contribution is -2.43. The lowest BCUT2D eigenvalue weighted by atomic mass is 10.1. The van der Waals surface area contributed by atoms with Crippen LogP contribution in [0, 0.1) is 0 Å². The second-order valence-electron chi connectivity index (χ2n) is 5.19. The van der Waals surface area contributed by atoms with Gasteiger partial charge in [-0.25, -0.2) is 0 Å². The van der Waals surface area contributed by atoms with Crippen molar-refractivity contribution in [1.29, 1.82) is 0 Å². The quantitative estimate of drug-likeness (QED) is 0.919. The van der Waals surface area contributed by atoms with Crippen LogP contribution in [0.4, 0.5) is 0 Å². The molecule has 1 aromatic rings. The van der Waals surface area contributed by atoms with Crippen LogP contribution in [-0.2, 0) is 11.2 Å². The highest BCUT2D eigenvalue weighted by Crippen LogP contribution is 2.20. The normalized spacial score (nSPS) is 19.4. The number of benzene rings is 1. The number of aliphatic imine (C=N–C) groups is 1. The zero-order chi connectivity index (χ0) is 14.5. The van der Waals surface area contributed by atoms with Crippen molar-refractivity contribution in [2.75, 3.05) is 19.8 Å². The van der Waals surface area contributed by atoms with Crippen LogP contribution < -0.4 is 5.32 Å². The summed E-state index contributed by atoms with van der Waals surface area (Å²) in [6.45, 7) is 1.87. The lowest BCUT2D eigenvalue weighted by molar-refractivity contribution is -0.130. The standard InChI is InChI=1S/C15H21N3OS/c1-11(14(19)18(2)3)16-15-17-13(10-20-15)9-12-7-5-4-6-8-12/h4-8,11,13H,9-10H2,1-3H3,(H,16,17). The molecule has 0 saturated heterocycles. The summed E-state index contributed by atoms with van der Waals surface area (Å²) < 4.78 is 0. The average Bonchev–Trinajstić information content (AvgIpc) is 2.86. The van der Waals surface area contributed by atoms with E-state index in [4.69, 9.17) is 0 Å². The fourth-order valence-electron chi connectivity index (χ4n) is 2.12. The highest BCUT2D eigenvalue weighted by molar-refractivity contribution is 8.14. The minimum atomic E-state index is -0.230. The minimum Gasteiger partial charge on any atom is -0.353 e. The SMILES string of the molecule is CC(NC1=NC(Cc2ccccc2)CS1)C(=O)N(C)C. The van der Waals surface area contributed by atoms with Gasteiger partial charge in [-0.1, -0.05) is 42.1 Å². The number of amidine groups is 1. The number of thioether (sulfide) groups is 1. The van der Waals surface area contributed by atoms with E-state index < -0.39 is 0 Å². The highest BCUT2D eigenvalue weighted by atomic mass is 32.2. The average molecular weight is 291 g/mol. The van der Waals surface area contributed by atoms with E-state index in [9.17, 15) is 4.79 Å². The summed E-state index contributed by atoms with van der Waals surface area (Å²) in [5.41, 5.74) is 1.31. The van der Waals surface area contributed by atoms with Crippen LogP contribution in [0.25, 0.3) is 0 Å². The molecule has 0 spiro atoms. The van der Waals surface area contributed by atoms with E-state index in [1.54, 1.807) is 30.8 Å². The summed E-state index contributed by atoms with van der Waals surface area (Å²) in [7, 11) is 3.53. The van der Waals surface area contributed by atoms with Gasteiger partial charge < -0.3 is 10.2 Å². The van der Waals surface area contributed by atoms with Gasteiger partial charge >= 0.3 is 0 Å². The highest BCUT2D eigenvalue weighted by Gasteiger charge is 2.22. The molecule has 1 N–H and O–H groups in total. The van der Waals surface area contributed by atoms with Gasteiger partial charge in [-0.05, 0) is 18.9 Å². The Kier molecular flexibility index (Phi) is 5.06. The Hall–Kier alpha value is -1.49. The zero-order valence-corrected chi connectivity index (χ0v) is 13.0. The Morgan fingerprint density at radius 2 is 2.15 bits per heavy atom. The molecule has 1 aliphatic heterocycles. The van der Waals surface area contributed by atoms with Gasteiger partial charge in [0.25, 0.3) is 0 Å². The molecule has 1 aliphatic rings. The molecule has 0 fully saturated rings. The number of rotatable bonds is 4. The van der Waals surface area contributed by atoms with Crippen LogP contribution >= 0.6 is 11.8 Å². The first-order valence-electron chi connectivity index (χ1n) is 6.78. The van der Waals surface area contributed by atoms with Crippen molar-refractivity contribution in [2.24, 2.45) is 4.99 Å². The number of hydrogen-bond donors (Lipinski definition) is 1. The van der Waals surface area contributed by atoms with E-state index in [2.05, 4.69) is 34.6 Å². The number of carbonyl (C=O) groups excluding carboxylic acids is 1. The van der Waals surface area contributed by atoms with Gasteiger partial charge in [-0.15, -0.1) is 0 Å². The Morgan fingerprint density at radius 3 is 2.80 bits per heavy atom. The Bertz CT molecular complexity index is 487. The van der Waals surface area contributed by atoms with Crippen LogP contribution in [0.5, 0.6) is 0 Å². The first-order valence-corrected chi connectivity index (χ1v) is 7.77. The van der Waals surface area contributed by atoms with Crippen LogP contribution in [0.1, 0.15) is 12.5 Å². The number of nitrogens with zero attached hydrogens (tertiary/aromatic N) is 2. The maximum Gasteiger partial charge on any atom is 0.244 e. The molecule has 0 saturated carbocycles. The third-order valence-corrected chi connectivity index (χ3v) is 4.23. The monoisotopic (exact) mass is 291 g/mol. The topological polar surface area (TPSA) is 44.7 Å². The van der Waals surface area contributed by atoms with Gasteiger partial charge in [0.05, 0.1) is 6.04 Å². The van der Waals surface area contributed by atoms with Crippen molar-refractivity contribution in [3.8, 4) is 0 Å². The number of hydrogen-bond acceptors (Lipinski definition) is 4. The summed E-state index contributed by atoms with van der Waals surface area (Å²) in [6, 6.07) is 10.5. The molecule has 2 rings (SSSR count). The Morgan fingerprint density at radius 1 is 1.45 bits per heavy atom. The van der Waals surface area contributed by atoms with Gasteiger partial charge in [0.2, 0.25) is 5.91 Å². The van der Waals surface area contributed by atoms with Crippen LogP contribution in [0.15, 0.2) is 35.3 Å². The van der Waals surface area contributed by atoms with E-state index in [1.807, 2.05) is 13.0 Å². The molecule has 1 aromatic carbocycles. The molecule has 1 amide bonds. The molecule has 0 bridgehead atoms. The summed E-state index contributed by atoms with van der Waals surface area (Å²) in [5, 5.41) is 4.08. The van der Waals surface area contributed by atoms with Gasteiger partial charge in [0.15, 0.2) is 5.17 Å². The van der Waals surface area contributed by atoms with Crippen LogP contribution in [0.2, 0.25) is 0 Å². The van der Waals surface area contributed by atoms with E-state index >= 15 is 0 Å². The zero-order valence-electron chi connectivity index (χ0n) is 12.2. The van der Waals surface area contributed by atoms with Crippen molar-refractivity contribution >= 4 is 22.8 Å². The number of carbonyl (C=O) groups is 1. The molecule has 108 valence electrons. The van der Waals surface area contributed by atoms with Crippen molar-refractivity contribution in [3.05, 3.63) is 35.9 Å². The predicted molar refractivity (Wildman–Crippen MR) is 85.1 cm³/mol. The van der Waals surface area contributed by atoms with Crippen LogP contribution in [-0.4, -0.2) is 47.9 Å². The van der Waals surface area contributed by atoms with Gasteiger partial charge in [0.1, 0.15) is 6.04 Å². The fraction of sp³-hybridized carbons (Fsp3) is 0.467. The van der Waals surface area contributed by atoms with Crippen molar-refractivity contribution < 1.29 is 4.79 Å². The summed E-state index contributed by atoms with van der Waals surface area (Å²) in [4.78, 5) is 18.1. The van der Waals surface area contributed by atoms with Gasteiger partial charge in [-0.2, -0.15) is 0 Å². The lowest BCUT2D eigenvalue weighted by Gasteiger charge is -2.18. The third-order valence-electron chi connectivity index (χ3n) is 3.18. The maximum absolute atomic E-state index is 11.8. The Labute approximate surface area is 124 Å². The van der Waals surface area contributed by atoms with E-state index in [-0.39, 0.29) is 11.9 Å². The fourth-order valence-corrected chi connectivity index (χ4v) is 3.15. The largest absolute Gasteiger partial charge is 0.353 e. The molecule has 2 unspecified atom stereocenters. The number of amides is 1. The van der Waals surface area contributed by atoms with Crippen molar-refractivity contribution in [1.82, 2.24) is 10.2 Å². The van der Waals surface area contributed by atoms with E-state index in [0.717, 1.165) is 17.3 Å². The molecule has 4 nitrogen and oxygen atoms in total. The first kappa shape index (κ1) is 14.9.